The monoisotopic (exact) mass is 242 g/mol. The Hall–Kier alpha value is -0.120. The molecule has 1 saturated carbocycles. The van der Waals surface area contributed by atoms with Gasteiger partial charge in [0, 0.05) is 12.6 Å². The molecule has 0 radical (unpaired) electrons. The number of nitrogens with zero attached hydrogens (tertiary/aromatic N) is 1. The zero-order valence-electron chi connectivity index (χ0n) is 12.2. The van der Waals surface area contributed by atoms with Gasteiger partial charge < -0.3 is 15.3 Å². The minimum absolute atomic E-state index is 0.0767. The van der Waals surface area contributed by atoms with Crippen molar-refractivity contribution in [3.05, 3.63) is 0 Å². The molecule has 1 rings (SSSR count). The highest BCUT2D eigenvalue weighted by Crippen LogP contribution is 2.40. The molecule has 2 unspecified atom stereocenters. The van der Waals surface area contributed by atoms with E-state index in [4.69, 9.17) is 0 Å². The molecule has 0 saturated heterocycles. The van der Waals surface area contributed by atoms with E-state index >= 15 is 0 Å². The van der Waals surface area contributed by atoms with Crippen molar-refractivity contribution in [1.29, 1.82) is 0 Å². The van der Waals surface area contributed by atoms with E-state index in [2.05, 4.69) is 45.0 Å². The van der Waals surface area contributed by atoms with E-state index < -0.39 is 0 Å². The lowest BCUT2D eigenvalue weighted by atomic mass is 9.92. The number of nitrogens with one attached hydrogen (secondary N) is 1. The van der Waals surface area contributed by atoms with Crippen LogP contribution in [0.3, 0.4) is 0 Å². The van der Waals surface area contributed by atoms with Gasteiger partial charge in [0.15, 0.2) is 0 Å². The molecular weight excluding hydrogens is 212 g/mol. The van der Waals surface area contributed by atoms with Crippen LogP contribution in [0.15, 0.2) is 0 Å². The summed E-state index contributed by atoms with van der Waals surface area (Å²) in [4.78, 5) is 2.39. The van der Waals surface area contributed by atoms with Gasteiger partial charge in [-0.05, 0) is 45.2 Å². The molecule has 0 amide bonds. The second-order valence-electron chi connectivity index (χ2n) is 6.02. The van der Waals surface area contributed by atoms with Gasteiger partial charge in [-0.1, -0.05) is 20.8 Å². The van der Waals surface area contributed by atoms with Crippen LogP contribution in [0.4, 0.5) is 0 Å². The van der Waals surface area contributed by atoms with Crippen molar-refractivity contribution >= 4 is 0 Å². The van der Waals surface area contributed by atoms with Gasteiger partial charge in [-0.3, -0.25) is 0 Å². The molecule has 1 aliphatic carbocycles. The Morgan fingerprint density at radius 3 is 2.29 bits per heavy atom. The Kier molecular flexibility index (Phi) is 5.42. The number of likely N-dealkylation sites (N-methyl/N-ethyl adjacent to an activating group) is 2. The van der Waals surface area contributed by atoms with E-state index in [9.17, 15) is 5.11 Å². The molecule has 0 aromatic carbocycles. The third-order valence-electron chi connectivity index (χ3n) is 4.36. The minimum Gasteiger partial charge on any atom is -0.394 e. The van der Waals surface area contributed by atoms with E-state index in [-0.39, 0.29) is 12.1 Å². The SMILES string of the molecule is CCNC(CO)(CN(C)C(C)C(C)C)C1CC1. The standard InChI is InChI=1S/C14H30N2O/c1-6-15-14(10-17,13-7-8-13)9-16(5)12(4)11(2)3/h11-13,15,17H,6-10H2,1-5H3. The Bertz CT molecular complexity index is 228. The molecule has 102 valence electrons. The summed E-state index contributed by atoms with van der Waals surface area (Å²) < 4.78 is 0. The van der Waals surface area contributed by atoms with Crippen molar-refractivity contribution in [3.63, 3.8) is 0 Å². The molecule has 17 heavy (non-hydrogen) atoms. The van der Waals surface area contributed by atoms with Crippen LogP contribution >= 0.6 is 0 Å². The molecule has 0 aromatic heterocycles. The summed E-state index contributed by atoms with van der Waals surface area (Å²) in [6.07, 6.45) is 2.52. The molecule has 0 aromatic rings. The highest BCUT2D eigenvalue weighted by atomic mass is 16.3. The number of aliphatic hydroxyl groups excluding tert-OH is 1. The van der Waals surface area contributed by atoms with Crippen LogP contribution in [0, 0.1) is 11.8 Å². The number of aliphatic hydroxyl groups is 1. The third kappa shape index (κ3) is 3.67. The highest BCUT2D eigenvalue weighted by molar-refractivity contribution is 5.02. The predicted molar refractivity (Wildman–Crippen MR) is 73.1 cm³/mol. The quantitative estimate of drug-likeness (QED) is 0.680. The maximum atomic E-state index is 9.80. The zero-order valence-corrected chi connectivity index (χ0v) is 12.2. The van der Waals surface area contributed by atoms with Gasteiger partial charge in [-0.15, -0.1) is 0 Å². The molecular formula is C14H30N2O. The van der Waals surface area contributed by atoms with Crippen LogP contribution in [0.1, 0.15) is 40.5 Å². The van der Waals surface area contributed by atoms with E-state index in [0.29, 0.717) is 17.9 Å². The van der Waals surface area contributed by atoms with Crippen molar-refractivity contribution in [2.24, 2.45) is 11.8 Å². The summed E-state index contributed by atoms with van der Waals surface area (Å²) in [5.41, 5.74) is -0.0767. The zero-order chi connectivity index (χ0) is 13.1. The first-order valence-corrected chi connectivity index (χ1v) is 7.03. The van der Waals surface area contributed by atoms with Crippen LogP contribution < -0.4 is 5.32 Å². The topological polar surface area (TPSA) is 35.5 Å². The molecule has 0 bridgehead atoms. The van der Waals surface area contributed by atoms with Gasteiger partial charge in [0.1, 0.15) is 0 Å². The summed E-state index contributed by atoms with van der Waals surface area (Å²) in [7, 11) is 2.18. The molecule has 3 heteroatoms. The molecule has 1 aliphatic rings. The van der Waals surface area contributed by atoms with Crippen LogP contribution in [-0.2, 0) is 0 Å². The van der Waals surface area contributed by atoms with Crippen LogP contribution in [0.2, 0.25) is 0 Å². The van der Waals surface area contributed by atoms with Crippen molar-refractivity contribution in [1.82, 2.24) is 10.2 Å². The smallest absolute Gasteiger partial charge is 0.0628 e. The molecule has 2 N–H and O–H groups in total. The van der Waals surface area contributed by atoms with Gasteiger partial charge in [0.2, 0.25) is 0 Å². The lowest BCUT2D eigenvalue weighted by molar-refractivity contribution is 0.0783. The predicted octanol–water partition coefficient (Wildman–Crippen LogP) is 1.71. The summed E-state index contributed by atoms with van der Waals surface area (Å²) in [6, 6.07) is 0.554. The minimum atomic E-state index is -0.0767. The average Bonchev–Trinajstić information content (AvgIpc) is 3.11. The second kappa shape index (κ2) is 6.17. The van der Waals surface area contributed by atoms with E-state index in [0.717, 1.165) is 13.1 Å². The number of hydrogen-bond donors (Lipinski definition) is 2. The van der Waals surface area contributed by atoms with E-state index in [1.807, 2.05) is 0 Å². The fourth-order valence-electron chi connectivity index (χ4n) is 2.65. The summed E-state index contributed by atoms with van der Waals surface area (Å²) in [6.45, 7) is 11.0. The maximum Gasteiger partial charge on any atom is 0.0628 e. The number of rotatable bonds is 8. The van der Waals surface area contributed by atoms with Gasteiger partial charge in [-0.25, -0.2) is 0 Å². The summed E-state index contributed by atoms with van der Waals surface area (Å²) in [5.74, 6) is 1.31. The van der Waals surface area contributed by atoms with Gasteiger partial charge >= 0.3 is 0 Å². The Labute approximate surface area is 107 Å². The first kappa shape index (κ1) is 14.9. The maximum absolute atomic E-state index is 9.80. The van der Waals surface area contributed by atoms with Crippen molar-refractivity contribution in [3.8, 4) is 0 Å². The van der Waals surface area contributed by atoms with Gasteiger partial charge in [-0.2, -0.15) is 0 Å². The molecule has 2 atom stereocenters. The summed E-state index contributed by atoms with van der Waals surface area (Å²) in [5, 5.41) is 13.3. The normalized spacial score (nSPS) is 21.9. The van der Waals surface area contributed by atoms with Crippen LogP contribution in [0.5, 0.6) is 0 Å². The number of hydrogen-bond acceptors (Lipinski definition) is 3. The first-order chi connectivity index (χ1) is 7.96. The molecule has 0 spiro atoms. The Morgan fingerprint density at radius 1 is 1.35 bits per heavy atom. The van der Waals surface area contributed by atoms with Gasteiger partial charge in [0.05, 0.1) is 12.1 Å². The van der Waals surface area contributed by atoms with Crippen LogP contribution in [-0.4, -0.2) is 48.3 Å². The highest BCUT2D eigenvalue weighted by Gasteiger charge is 2.45. The lowest BCUT2D eigenvalue weighted by Gasteiger charge is -2.40. The average molecular weight is 242 g/mol. The van der Waals surface area contributed by atoms with Crippen molar-refractivity contribution in [2.75, 3.05) is 26.7 Å². The molecule has 3 nitrogen and oxygen atoms in total. The van der Waals surface area contributed by atoms with Crippen molar-refractivity contribution < 1.29 is 5.11 Å². The second-order valence-corrected chi connectivity index (χ2v) is 6.02. The largest absolute Gasteiger partial charge is 0.394 e. The Morgan fingerprint density at radius 2 is 1.94 bits per heavy atom. The lowest BCUT2D eigenvalue weighted by Crippen LogP contribution is -2.58. The first-order valence-electron chi connectivity index (χ1n) is 7.03. The van der Waals surface area contributed by atoms with Crippen molar-refractivity contribution in [2.45, 2.75) is 52.1 Å². The van der Waals surface area contributed by atoms with E-state index in [1.165, 1.54) is 12.8 Å². The van der Waals surface area contributed by atoms with Gasteiger partial charge in [0.25, 0.3) is 0 Å². The van der Waals surface area contributed by atoms with Crippen LogP contribution in [0.25, 0.3) is 0 Å². The fourth-order valence-corrected chi connectivity index (χ4v) is 2.65. The van der Waals surface area contributed by atoms with E-state index in [1.54, 1.807) is 0 Å². The molecule has 0 aliphatic heterocycles. The molecule has 0 heterocycles. The summed E-state index contributed by atoms with van der Waals surface area (Å²) >= 11 is 0. The Balaban J connectivity index is 2.65. The molecule has 1 fully saturated rings. The third-order valence-corrected chi connectivity index (χ3v) is 4.36. The fraction of sp³-hybridized carbons (Fsp3) is 1.00.